The highest BCUT2D eigenvalue weighted by Gasteiger charge is 2.15. The van der Waals surface area contributed by atoms with Crippen LogP contribution in [0.15, 0.2) is 91.3 Å². The normalized spacial score (nSPS) is 10.3. The molecule has 0 bridgehead atoms. The molecule has 6 heteroatoms. The summed E-state index contributed by atoms with van der Waals surface area (Å²) in [7, 11) is 0. The first-order chi connectivity index (χ1) is 16.2. The number of benzene rings is 2. The number of nitrogens with one attached hydrogen (secondary N) is 2. The Balaban J connectivity index is 1.54. The zero-order chi connectivity index (χ0) is 22.9. The molecule has 0 atom stereocenters. The number of pyridine rings is 2. The first-order valence-electron chi connectivity index (χ1n) is 10.7. The first kappa shape index (κ1) is 21.7. The van der Waals surface area contributed by atoms with Crippen molar-refractivity contribution in [3.63, 3.8) is 0 Å². The molecule has 6 nitrogen and oxygen atoms in total. The van der Waals surface area contributed by atoms with E-state index < -0.39 is 0 Å². The number of aromatic nitrogens is 2. The average molecular weight is 434 g/mol. The number of carbonyl (C=O) groups is 1. The van der Waals surface area contributed by atoms with Gasteiger partial charge in [0.15, 0.2) is 0 Å². The molecule has 0 aliphatic rings. The molecule has 1 amide bonds. The Morgan fingerprint density at radius 2 is 1.76 bits per heavy atom. The predicted molar refractivity (Wildman–Crippen MR) is 128 cm³/mol. The lowest BCUT2D eigenvalue weighted by Gasteiger charge is -2.14. The van der Waals surface area contributed by atoms with Crippen LogP contribution >= 0.6 is 0 Å². The van der Waals surface area contributed by atoms with Gasteiger partial charge in [-0.2, -0.15) is 5.26 Å². The van der Waals surface area contributed by atoms with Crippen molar-refractivity contribution >= 4 is 11.7 Å². The van der Waals surface area contributed by atoms with E-state index >= 15 is 0 Å². The molecular formula is C27H23N5O. The first-order valence-corrected chi connectivity index (χ1v) is 10.7. The number of hydrogen-bond donors (Lipinski definition) is 2. The van der Waals surface area contributed by atoms with Gasteiger partial charge in [0.2, 0.25) is 0 Å². The summed E-state index contributed by atoms with van der Waals surface area (Å²) < 4.78 is 0. The van der Waals surface area contributed by atoms with E-state index in [1.807, 2.05) is 66.7 Å². The van der Waals surface area contributed by atoms with E-state index in [4.69, 9.17) is 4.98 Å². The molecule has 33 heavy (non-hydrogen) atoms. The van der Waals surface area contributed by atoms with Crippen molar-refractivity contribution in [3.05, 3.63) is 114 Å². The summed E-state index contributed by atoms with van der Waals surface area (Å²) in [5, 5.41) is 15.6. The Kier molecular flexibility index (Phi) is 7.04. The predicted octanol–water partition coefficient (Wildman–Crippen LogP) is 4.60. The van der Waals surface area contributed by atoms with E-state index in [-0.39, 0.29) is 5.91 Å². The van der Waals surface area contributed by atoms with Crippen molar-refractivity contribution in [2.45, 2.75) is 13.0 Å². The van der Waals surface area contributed by atoms with Gasteiger partial charge in [-0.15, -0.1) is 0 Å². The maximum absolute atomic E-state index is 13.0. The van der Waals surface area contributed by atoms with Crippen molar-refractivity contribution in [3.8, 4) is 17.3 Å². The SMILES string of the molecule is N#Cc1ccccc1CCNc1nc(-c2ccccc2)ccc1C(=O)NCc1cccnc1. The minimum absolute atomic E-state index is 0.217. The largest absolute Gasteiger partial charge is 0.369 e. The topological polar surface area (TPSA) is 90.7 Å². The Labute approximate surface area is 193 Å². The maximum Gasteiger partial charge on any atom is 0.255 e. The Hall–Kier alpha value is -4.50. The summed E-state index contributed by atoms with van der Waals surface area (Å²) in [5.41, 5.74) is 4.74. The summed E-state index contributed by atoms with van der Waals surface area (Å²) in [6.07, 6.45) is 4.06. The van der Waals surface area contributed by atoms with E-state index in [0.29, 0.717) is 36.5 Å². The summed E-state index contributed by atoms with van der Waals surface area (Å²) in [5.74, 6) is 0.292. The number of nitrogens with zero attached hydrogens (tertiary/aromatic N) is 3. The van der Waals surface area contributed by atoms with Crippen LogP contribution in [0.1, 0.15) is 27.0 Å². The number of amides is 1. The standard InChI is InChI=1S/C27H23N5O/c28-17-23-11-5-4-8-21(23)14-16-30-26-24(27(33)31-19-20-7-6-15-29-18-20)12-13-25(32-26)22-9-2-1-3-10-22/h1-13,15,18H,14,16,19H2,(H,30,32)(H,31,33). The fraction of sp³-hybridized carbons (Fsp3) is 0.111. The molecule has 2 N–H and O–H groups in total. The van der Waals surface area contributed by atoms with E-state index in [2.05, 4.69) is 21.7 Å². The molecule has 2 aromatic carbocycles. The van der Waals surface area contributed by atoms with E-state index in [1.165, 1.54) is 0 Å². The number of rotatable bonds is 8. The molecule has 0 aliphatic carbocycles. The molecule has 0 saturated heterocycles. The molecule has 4 rings (SSSR count). The van der Waals surface area contributed by atoms with Crippen LogP contribution in [0.5, 0.6) is 0 Å². The second-order valence-corrected chi connectivity index (χ2v) is 7.45. The third-order valence-corrected chi connectivity index (χ3v) is 5.21. The number of hydrogen-bond acceptors (Lipinski definition) is 5. The maximum atomic E-state index is 13.0. The monoisotopic (exact) mass is 433 g/mol. The Bertz CT molecular complexity index is 1270. The fourth-order valence-corrected chi connectivity index (χ4v) is 3.49. The lowest BCUT2D eigenvalue weighted by atomic mass is 10.1. The summed E-state index contributed by atoms with van der Waals surface area (Å²) in [6.45, 7) is 0.912. The van der Waals surface area contributed by atoms with Crippen molar-refractivity contribution in [2.75, 3.05) is 11.9 Å². The summed E-state index contributed by atoms with van der Waals surface area (Å²) in [6, 6.07) is 27.0. The molecule has 0 spiro atoms. The third-order valence-electron chi connectivity index (χ3n) is 5.21. The summed E-state index contributed by atoms with van der Waals surface area (Å²) >= 11 is 0. The van der Waals surface area contributed by atoms with Crippen molar-refractivity contribution in [2.24, 2.45) is 0 Å². The van der Waals surface area contributed by atoms with Crippen LogP contribution in [0.3, 0.4) is 0 Å². The van der Waals surface area contributed by atoms with Gasteiger partial charge in [-0.1, -0.05) is 54.6 Å². The van der Waals surface area contributed by atoms with Gasteiger partial charge in [0, 0.05) is 31.0 Å². The molecule has 2 aromatic heterocycles. The molecule has 2 heterocycles. The van der Waals surface area contributed by atoms with Crippen molar-refractivity contribution in [1.29, 1.82) is 5.26 Å². The lowest BCUT2D eigenvalue weighted by molar-refractivity contribution is 0.0951. The van der Waals surface area contributed by atoms with Crippen LogP contribution in [-0.2, 0) is 13.0 Å². The van der Waals surface area contributed by atoms with Crippen LogP contribution in [-0.4, -0.2) is 22.4 Å². The van der Waals surface area contributed by atoms with E-state index in [0.717, 1.165) is 22.4 Å². The number of anilines is 1. The highest BCUT2D eigenvalue weighted by molar-refractivity contribution is 5.99. The smallest absolute Gasteiger partial charge is 0.255 e. The quantitative estimate of drug-likeness (QED) is 0.424. The lowest BCUT2D eigenvalue weighted by Crippen LogP contribution is -2.25. The zero-order valence-corrected chi connectivity index (χ0v) is 18.0. The van der Waals surface area contributed by atoms with Gasteiger partial charge in [0.05, 0.1) is 22.9 Å². The number of carbonyl (C=O) groups excluding carboxylic acids is 1. The Morgan fingerprint density at radius 1 is 0.939 bits per heavy atom. The van der Waals surface area contributed by atoms with Gasteiger partial charge in [-0.25, -0.2) is 4.98 Å². The number of nitriles is 1. The molecule has 0 saturated carbocycles. The minimum atomic E-state index is -0.217. The van der Waals surface area contributed by atoms with Gasteiger partial charge < -0.3 is 10.6 Å². The second-order valence-electron chi connectivity index (χ2n) is 7.45. The molecular weight excluding hydrogens is 410 g/mol. The average Bonchev–Trinajstić information content (AvgIpc) is 2.88. The van der Waals surface area contributed by atoms with Gasteiger partial charge in [0.25, 0.3) is 5.91 Å². The highest BCUT2D eigenvalue weighted by atomic mass is 16.1. The van der Waals surface area contributed by atoms with Gasteiger partial charge in [-0.05, 0) is 41.8 Å². The van der Waals surface area contributed by atoms with Crippen LogP contribution in [0, 0.1) is 11.3 Å². The van der Waals surface area contributed by atoms with Crippen LogP contribution in [0.4, 0.5) is 5.82 Å². The molecule has 0 aliphatic heterocycles. The molecule has 0 radical (unpaired) electrons. The second kappa shape index (κ2) is 10.7. The van der Waals surface area contributed by atoms with Crippen molar-refractivity contribution in [1.82, 2.24) is 15.3 Å². The fourth-order valence-electron chi connectivity index (χ4n) is 3.49. The summed E-state index contributed by atoms with van der Waals surface area (Å²) in [4.78, 5) is 21.8. The van der Waals surface area contributed by atoms with Crippen LogP contribution in [0.25, 0.3) is 11.3 Å². The molecule has 162 valence electrons. The Morgan fingerprint density at radius 3 is 2.55 bits per heavy atom. The zero-order valence-electron chi connectivity index (χ0n) is 18.0. The third kappa shape index (κ3) is 5.60. The van der Waals surface area contributed by atoms with E-state index in [1.54, 1.807) is 24.5 Å². The van der Waals surface area contributed by atoms with Crippen LogP contribution in [0.2, 0.25) is 0 Å². The van der Waals surface area contributed by atoms with Gasteiger partial charge >= 0.3 is 0 Å². The van der Waals surface area contributed by atoms with Gasteiger partial charge in [0.1, 0.15) is 5.82 Å². The minimum Gasteiger partial charge on any atom is -0.369 e. The van der Waals surface area contributed by atoms with Crippen LogP contribution < -0.4 is 10.6 Å². The highest BCUT2D eigenvalue weighted by Crippen LogP contribution is 2.22. The van der Waals surface area contributed by atoms with Crippen molar-refractivity contribution < 1.29 is 4.79 Å². The van der Waals surface area contributed by atoms with Gasteiger partial charge in [-0.3, -0.25) is 9.78 Å². The molecule has 0 unspecified atom stereocenters. The molecule has 4 aromatic rings. The molecule has 0 fully saturated rings. The van der Waals surface area contributed by atoms with E-state index in [9.17, 15) is 10.1 Å².